The monoisotopic (exact) mass is 593 g/mol. The first kappa shape index (κ1) is 25.0. The highest BCUT2D eigenvalue weighted by atomic mass is 32.1. The molecule has 0 fully saturated rings. The molecule has 0 amide bonds. The largest absolute Gasteiger partial charge is 0.454 e. The summed E-state index contributed by atoms with van der Waals surface area (Å²) >= 11 is 1.95. The van der Waals surface area contributed by atoms with Gasteiger partial charge in [-0.05, 0) is 58.2 Å². The molecule has 1 aliphatic carbocycles. The van der Waals surface area contributed by atoms with E-state index in [9.17, 15) is 0 Å². The van der Waals surface area contributed by atoms with E-state index < -0.39 is 0 Å². The van der Waals surface area contributed by atoms with E-state index in [0.29, 0.717) is 0 Å². The van der Waals surface area contributed by atoms with Gasteiger partial charge in [0.1, 0.15) is 5.58 Å². The Morgan fingerprint density at radius 1 is 0.578 bits per heavy atom. The summed E-state index contributed by atoms with van der Waals surface area (Å²) in [6.45, 7) is 0. The summed E-state index contributed by atoms with van der Waals surface area (Å²) in [5.74, 6) is 0. The number of fused-ring (bicyclic) bond motifs is 9. The van der Waals surface area contributed by atoms with E-state index in [-0.39, 0.29) is 6.04 Å². The maximum absolute atomic E-state index is 6.56. The summed E-state index contributed by atoms with van der Waals surface area (Å²) < 4.78 is 9.30. The summed E-state index contributed by atoms with van der Waals surface area (Å²) in [5.41, 5.74) is 12.1. The first-order valence-electron chi connectivity index (χ1n) is 15.5. The molecule has 2 aromatic heterocycles. The van der Waals surface area contributed by atoms with Gasteiger partial charge < -0.3 is 9.32 Å². The molecule has 8 aromatic rings. The molecular formula is C42H27NOS. The average Bonchev–Trinajstić information content (AvgIpc) is 3.78. The van der Waals surface area contributed by atoms with Crippen LogP contribution in [0.25, 0.3) is 65.9 Å². The second-order valence-electron chi connectivity index (χ2n) is 12.0. The molecule has 10 rings (SSSR count). The van der Waals surface area contributed by atoms with Gasteiger partial charge in [0.2, 0.25) is 0 Å². The van der Waals surface area contributed by atoms with Crippen molar-refractivity contribution in [2.24, 2.45) is 0 Å². The quantitative estimate of drug-likeness (QED) is 0.203. The molecule has 0 saturated carbocycles. The lowest BCUT2D eigenvalue weighted by Crippen LogP contribution is -2.36. The Labute approximate surface area is 264 Å². The van der Waals surface area contributed by atoms with Crippen LogP contribution in [0.4, 0.5) is 11.4 Å². The van der Waals surface area contributed by atoms with Crippen LogP contribution >= 0.6 is 11.3 Å². The number of benzene rings is 6. The number of anilines is 2. The van der Waals surface area contributed by atoms with Crippen LogP contribution in [-0.4, -0.2) is 6.04 Å². The predicted octanol–water partition coefficient (Wildman–Crippen LogP) is 10.0. The molecule has 1 aliphatic heterocycles. The number of nitrogens with zero attached hydrogens (tertiary/aromatic N) is 1. The topological polar surface area (TPSA) is 16.4 Å². The fourth-order valence-corrected chi connectivity index (χ4v) is 9.05. The zero-order valence-electron chi connectivity index (χ0n) is 24.4. The van der Waals surface area contributed by atoms with Crippen molar-refractivity contribution in [2.75, 3.05) is 4.90 Å². The van der Waals surface area contributed by atoms with Crippen molar-refractivity contribution in [1.82, 2.24) is 0 Å². The highest BCUT2D eigenvalue weighted by Crippen LogP contribution is 2.49. The molecule has 1 atom stereocenters. The number of hydrogen-bond acceptors (Lipinski definition) is 3. The Bertz CT molecular complexity index is 2590. The molecule has 6 aromatic carbocycles. The van der Waals surface area contributed by atoms with Gasteiger partial charge >= 0.3 is 0 Å². The number of furan rings is 1. The van der Waals surface area contributed by atoms with Gasteiger partial charge in [0, 0.05) is 42.2 Å². The van der Waals surface area contributed by atoms with Crippen LogP contribution in [0.15, 0.2) is 144 Å². The van der Waals surface area contributed by atoms with E-state index in [1.807, 2.05) is 17.4 Å². The van der Waals surface area contributed by atoms with E-state index in [0.717, 1.165) is 28.7 Å². The Morgan fingerprint density at radius 3 is 2.22 bits per heavy atom. The highest BCUT2D eigenvalue weighted by molar-refractivity contribution is 7.17. The third-order valence-corrected chi connectivity index (χ3v) is 10.9. The van der Waals surface area contributed by atoms with Crippen LogP contribution in [-0.2, 0) is 0 Å². The number of para-hydroxylation sites is 3. The van der Waals surface area contributed by atoms with Crippen molar-refractivity contribution in [2.45, 2.75) is 12.5 Å². The number of rotatable bonds is 3. The third kappa shape index (κ3) is 3.62. The average molecular weight is 594 g/mol. The first-order chi connectivity index (χ1) is 22.3. The zero-order chi connectivity index (χ0) is 29.5. The predicted molar refractivity (Wildman–Crippen MR) is 190 cm³/mol. The molecular weight excluding hydrogens is 567 g/mol. The highest BCUT2D eigenvalue weighted by Gasteiger charge is 2.38. The van der Waals surface area contributed by atoms with Crippen molar-refractivity contribution in [3.8, 4) is 22.3 Å². The smallest absolute Gasteiger partial charge is 0.159 e. The number of thiophene rings is 1. The first-order valence-corrected chi connectivity index (χ1v) is 16.4. The van der Waals surface area contributed by atoms with Gasteiger partial charge in [-0.3, -0.25) is 0 Å². The van der Waals surface area contributed by atoms with E-state index in [4.69, 9.17) is 4.42 Å². The van der Waals surface area contributed by atoms with Gasteiger partial charge in [0.15, 0.2) is 5.58 Å². The second kappa shape index (κ2) is 9.56. The molecule has 45 heavy (non-hydrogen) atoms. The van der Waals surface area contributed by atoms with Gasteiger partial charge in [-0.2, -0.15) is 0 Å². The molecule has 0 spiro atoms. The standard InChI is InChI=1S/C42H27NOS/c1-2-11-26(12-3-1)27-13-8-14-28(25-27)29-17-9-19-32-33-23-24-36-39(42(33)45-41(29)32)34-16-4-6-20-35(34)43(36)37-21-10-18-31-30-15-5-7-22-38(30)44-40(31)37/h1-23,25,36H,24H2. The van der Waals surface area contributed by atoms with E-state index >= 15 is 0 Å². The minimum Gasteiger partial charge on any atom is -0.454 e. The molecule has 0 saturated heterocycles. The molecule has 0 radical (unpaired) electrons. The molecule has 2 nitrogen and oxygen atoms in total. The van der Waals surface area contributed by atoms with E-state index in [1.165, 1.54) is 64.3 Å². The summed E-state index contributed by atoms with van der Waals surface area (Å²) in [7, 11) is 0. The van der Waals surface area contributed by atoms with Crippen molar-refractivity contribution in [3.63, 3.8) is 0 Å². The molecule has 0 bridgehead atoms. The Kier molecular flexibility index (Phi) is 5.31. The fraction of sp³-hybridized carbons (Fsp3) is 0.0476. The van der Waals surface area contributed by atoms with Crippen LogP contribution in [0.1, 0.15) is 12.0 Å². The lowest BCUT2D eigenvalue weighted by atomic mass is 9.94. The van der Waals surface area contributed by atoms with Crippen molar-refractivity contribution >= 4 is 66.4 Å². The number of hydrogen-bond donors (Lipinski definition) is 0. The second-order valence-corrected chi connectivity index (χ2v) is 13.0. The van der Waals surface area contributed by atoms with Crippen LogP contribution in [0.5, 0.6) is 0 Å². The minimum absolute atomic E-state index is 0.201. The van der Waals surface area contributed by atoms with Crippen molar-refractivity contribution in [3.05, 3.63) is 155 Å². The maximum atomic E-state index is 6.56. The molecule has 3 heterocycles. The van der Waals surface area contributed by atoms with Crippen molar-refractivity contribution < 1.29 is 4.42 Å². The summed E-state index contributed by atoms with van der Waals surface area (Å²) in [4.78, 5) is 2.53. The van der Waals surface area contributed by atoms with Crippen LogP contribution in [0, 0.1) is 0 Å². The summed E-state index contributed by atoms with van der Waals surface area (Å²) in [5, 5.41) is 5.05. The van der Waals surface area contributed by atoms with Crippen LogP contribution in [0.3, 0.4) is 0 Å². The molecule has 0 N–H and O–H groups in total. The van der Waals surface area contributed by atoms with E-state index in [1.54, 1.807) is 0 Å². The molecule has 1 unspecified atom stereocenters. The van der Waals surface area contributed by atoms with Crippen molar-refractivity contribution in [1.29, 1.82) is 0 Å². The van der Waals surface area contributed by atoms with Crippen LogP contribution in [0.2, 0.25) is 0 Å². The maximum Gasteiger partial charge on any atom is 0.159 e. The van der Waals surface area contributed by atoms with Gasteiger partial charge in [-0.15, -0.1) is 11.3 Å². The minimum atomic E-state index is 0.201. The molecule has 212 valence electrons. The lowest BCUT2D eigenvalue weighted by Gasteiger charge is -2.28. The summed E-state index contributed by atoms with van der Waals surface area (Å²) in [6, 6.07) is 50.5. The normalized spacial score (nSPS) is 15.3. The zero-order valence-corrected chi connectivity index (χ0v) is 25.2. The van der Waals surface area contributed by atoms with Gasteiger partial charge in [0.25, 0.3) is 0 Å². The Hall–Kier alpha value is -5.38. The van der Waals surface area contributed by atoms with E-state index in [2.05, 4.69) is 144 Å². The third-order valence-electron chi connectivity index (χ3n) is 9.57. The van der Waals surface area contributed by atoms with Crippen LogP contribution < -0.4 is 14.7 Å². The summed E-state index contributed by atoms with van der Waals surface area (Å²) in [6.07, 6.45) is 3.41. The molecule has 3 heteroatoms. The van der Waals surface area contributed by atoms with Gasteiger partial charge in [-0.25, -0.2) is 0 Å². The Balaban J connectivity index is 1.20. The lowest BCUT2D eigenvalue weighted by molar-refractivity contribution is 0.666. The SMILES string of the molecule is C1=c2c(sc3c(-c4cccc(-c5ccccc5)c4)cccc23)=C2c3ccccc3N(c3cccc4c3oc3ccccc34)C2C1. The Morgan fingerprint density at radius 2 is 1.27 bits per heavy atom. The van der Waals surface area contributed by atoms with Gasteiger partial charge in [0.05, 0.1) is 11.7 Å². The fourth-order valence-electron chi connectivity index (χ4n) is 7.60. The molecule has 2 aliphatic rings. The van der Waals surface area contributed by atoms with Gasteiger partial charge in [-0.1, -0.05) is 121 Å².